The van der Waals surface area contributed by atoms with Gasteiger partial charge in [-0.05, 0) is 38.3 Å². The summed E-state index contributed by atoms with van der Waals surface area (Å²) in [7, 11) is 0. The van der Waals surface area contributed by atoms with Gasteiger partial charge in [0.15, 0.2) is 0 Å². The molecule has 0 bridgehead atoms. The van der Waals surface area contributed by atoms with Crippen LogP contribution in [0.1, 0.15) is 42.3 Å². The van der Waals surface area contributed by atoms with E-state index >= 15 is 0 Å². The number of fused-ring (bicyclic) bond motifs is 1. The number of nitrogens with one attached hydrogen (secondary N) is 1. The van der Waals surface area contributed by atoms with Gasteiger partial charge in [0.2, 0.25) is 0 Å². The fraction of sp³-hybridized carbons (Fsp3) is 0.538. The van der Waals surface area contributed by atoms with Crippen molar-refractivity contribution in [3.05, 3.63) is 23.3 Å². The molecule has 0 aromatic carbocycles. The first-order valence-electron chi connectivity index (χ1n) is 6.34. The van der Waals surface area contributed by atoms with Crippen LogP contribution in [0.5, 0.6) is 0 Å². The van der Waals surface area contributed by atoms with Crippen LogP contribution in [0.4, 0.5) is 0 Å². The second-order valence-electron chi connectivity index (χ2n) is 4.86. The molecule has 3 N–H and O–H groups in total. The second-order valence-corrected chi connectivity index (χ2v) is 4.86. The van der Waals surface area contributed by atoms with Gasteiger partial charge >= 0.3 is 0 Å². The number of H-pyrrole nitrogens is 1. The molecule has 0 saturated heterocycles. The minimum atomic E-state index is 0.631. The fourth-order valence-corrected chi connectivity index (χ4v) is 2.57. The van der Waals surface area contributed by atoms with Crippen molar-refractivity contribution in [3.63, 3.8) is 0 Å². The molecule has 1 saturated carbocycles. The highest BCUT2D eigenvalue weighted by molar-refractivity contribution is 5.83. The normalized spacial score (nSPS) is 16.4. The molecule has 1 aliphatic rings. The largest absolute Gasteiger partial charge is 0.346 e. The first-order chi connectivity index (χ1) is 8.29. The Morgan fingerprint density at radius 3 is 2.88 bits per heavy atom. The summed E-state index contributed by atoms with van der Waals surface area (Å²) in [5.74, 6) is 1.49. The standard InChI is InChI=1S/C13H18N4/c1-8-16-12(9-3-2-4-9)11-10(5-6-14)7-15-13(11)17-8/h7,9H,2-6,14H2,1H3,(H,15,16,17). The summed E-state index contributed by atoms with van der Waals surface area (Å²) >= 11 is 0. The highest BCUT2D eigenvalue weighted by Crippen LogP contribution is 2.39. The molecule has 3 rings (SSSR count). The Kier molecular flexibility index (Phi) is 2.59. The number of nitrogens with two attached hydrogens (primary N) is 1. The van der Waals surface area contributed by atoms with E-state index in [2.05, 4.69) is 15.0 Å². The Morgan fingerprint density at radius 2 is 2.24 bits per heavy atom. The van der Waals surface area contributed by atoms with Crippen molar-refractivity contribution in [2.24, 2.45) is 5.73 Å². The van der Waals surface area contributed by atoms with Crippen molar-refractivity contribution in [1.82, 2.24) is 15.0 Å². The molecule has 2 aromatic rings. The predicted molar refractivity (Wildman–Crippen MR) is 68.0 cm³/mol. The number of aromatic amines is 1. The van der Waals surface area contributed by atoms with Gasteiger partial charge in [0.25, 0.3) is 0 Å². The van der Waals surface area contributed by atoms with Crippen LogP contribution in [0.2, 0.25) is 0 Å². The zero-order valence-corrected chi connectivity index (χ0v) is 10.2. The van der Waals surface area contributed by atoms with Crippen molar-refractivity contribution in [2.75, 3.05) is 6.54 Å². The van der Waals surface area contributed by atoms with E-state index in [4.69, 9.17) is 5.73 Å². The summed E-state index contributed by atoms with van der Waals surface area (Å²) in [6.45, 7) is 2.63. The van der Waals surface area contributed by atoms with Crippen LogP contribution < -0.4 is 5.73 Å². The van der Waals surface area contributed by atoms with Gasteiger partial charge in [-0.15, -0.1) is 0 Å². The third-order valence-electron chi connectivity index (χ3n) is 3.66. The van der Waals surface area contributed by atoms with Crippen LogP contribution in [0.25, 0.3) is 11.0 Å². The molecule has 1 fully saturated rings. The molecule has 1 aliphatic carbocycles. The molecular formula is C13H18N4. The maximum Gasteiger partial charge on any atom is 0.141 e. The molecule has 0 aliphatic heterocycles. The van der Waals surface area contributed by atoms with Crippen LogP contribution >= 0.6 is 0 Å². The fourth-order valence-electron chi connectivity index (χ4n) is 2.57. The molecule has 0 amide bonds. The summed E-state index contributed by atoms with van der Waals surface area (Å²) in [5, 5.41) is 1.23. The zero-order chi connectivity index (χ0) is 11.8. The molecule has 4 nitrogen and oxygen atoms in total. The average Bonchev–Trinajstić information content (AvgIpc) is 2.59. The highest BCUT2D eigenvalue weighted by Gasteiger charge is 2.25. The van der Waals surface area contributed by atoms with Gasteiger partial charge < -0.3 is 10.7 Å². The second kappa shape index (κ2) is 4.11. The maximum atomic E-state index is 5.66. The van der Waals surface area contributed by atoms with Gasteiger partial charge in [0.1, 0.15) is 11.5 Å². The minimum Gasteiger partial charge on any atom is -0.346 e. The Bertz CT molecular complexity index is 540. The van der Waals surface area contributed by atoms with E-state index in [0.717, 1.165) is 17.9 Å². The Balaban J connectivity index is 2.18. The number of aryl methyl sites for hydroxylation is 1. The maximum absolute atomic E-state index is 5.66. The monoisotopic (exact) mass is 230 g/mol. The lowest BCUT2D eigenvalue weighted by Gasteiger charge is -2.25. The molecule has 0 spiro atoms. The number of hydrogen-bond acceptors (Lipinski definition) is 3. The van der Waals surface area contributed by atoms with E-state index in [1.807, 2.05) is 13.1 Å². The summed E-state index contributed by atoms with van der Waals surface area (Å²) < 4.78 is 0. The topological polar surface area (TPSA) is 67.6 Å². The van der Waals surface area contributed by atoms with Crippen molar-refractivity contribution >= 4 is 11.0 Å². The quantitative estimate of drug-likeness (QED) is 0.847. The van der Waals surface area contributed by atoms with Crippen molar-refractivity contribution < 1.29 is 0 Å². The third kappa shape index (κ3) is 1.72. The number of hydrogen-bond donors (Lipinski definition) is 2. The van der Waals surface area contributed by atoms with Crippen molar-refractivity contribution in [3.8, 4) is 0 Å². The number of nitrogens with zero attached hydrogens (tertiary/aromatic N) is 2. The zero-order valence-electron chi connectivity index (χ0n) is 10.2. The Hall–Kier alpha value is -1.42. The van der Waals surface area contributed by atoms with E-state index in [1.165, 1.54) is 35.9 Å². The van der Waals surface area contributed by atoms with Crippen molar-refractivity contribution in [1.29, 1.82) is 0 Å². The smallest absolute Gasteiger partial charge is 0.141 e. The summed E-state index contributed by atoms with van der Waals surface area (Å²) in [4.78, 5) is 12.4. The van der Waals surface area contributed by atoms with Gasteiger partial charge in [0, 0.05) is 17.5 Å². The van der Waals surface area contributed by atoms with Gasteiger partial charge in [0.05, 0.1) is 5.69 Å². The molecule has 0 radical (unpaired) electrons. The van der Waals surface area contributed by atoms with E-state index in [-0.39, 0.29) is 0 Å². The van der Waals surface area contributed by atoms with Gasteiger partial charge in [-0.3, -0.25) is 0 Å². The van der Waals surface area contributed by atoms with E-state index in [9.17, 15) is 0 Å². The van der Waals surface area contributed by atoms with Crippen LogP contribution in [-0.4, -0.2) is 21.5 Å². The van der Waals surface area contributed by atoms with Crippen LogP contribution in [0, 0.1) is 6.92 Å². The lowest BCUT2D eigenvalue weighted by Crippen LogP contribution is -2.13. The average molecular weight is 230 g/mol. The summed E-state index contributed by atoms with van der Waals surface area (Å²) in [6, 6.07) is 0. The lowest BCUT2D eigenvalue weighted by atomic mass is 9.81. The molecule has 0 atom stereocenters. The van der Waals surface area contributed by atoms with E-state index in [1.54, 1.807) is 0 Å². The molecule has 2 aromatic heterocycles. The number of aromatic nitrogens is 3. The highest BCUT2D eigenvalue weighted by atomic mass is 14.9. The third-order valence-corrected chi connectivity index (χ3v) is 3.66. The molecule has 17 heavy (non-hydrogen) atoms. The number of rotatable bonds is 3. The summed E-state index contributed by atoms with van der Waals surface area (Å²) in [6.07, 6.45) is 6.78. The van der Waals surface area contributed by atoms with E-state index < -0.39 is 0 Å². The minimum absolute atomic E-state index is 0.631. The van der Waals surface area contributed by atoms with Crippen LogP contribution in [0.15, 0.2) is 6.20 Å². The molecule has 90 valence electrons. The van der Waals surface area contributed by atoms with Crippen LogP contribution in [-0.2, 0) is 6.42 Å². The van der Waals surface area contributed by atoms with Crippen molar-refractivity contribution in [2.45, 2.75) is 38.5 Å². The lowest BCUT2D eigenvalue weighted by molar-refractivity contribution is 0.413. The summed E-state index contributed by atoms with van der Waals surface area (Å²) in [5.41, 5.74) is 9.14. The molecule has 4 heteroatoms. The first-order valence-corrected chi connectivity index (χ1v) is 6.34. The molecule has 2 heterocycles. The molecular weight excluding hydrogens is 212 g/mol. The van der Waals surface area contributed by atoms with Crippen LogP contribution in [0.3, 0.4) is 0 Å². The Labute approximate surface area is 101 Å². The van der Waals surface area contributed by atoms with Gasteiger partial charge in [-0.1, -0.05) is 6.42 Å². The van der Waals surface area contributed by atoms with E-state index in [0.29, 0.717) is 12.5 Å². The molecule has 0 unspecified atom stereocenters. The first kappa shape index (κ1) is 10.7. The SMILES string of the molecule is Cc1nc(C2CCC2)c2c(CCN)c[nH]c2n1. The van der Waals surface area contributed by atoms with Gasteiger partial charge in [-0.25, -0.2) is 9.97 Å². The Morgan fingerprint density at radius 1 is 1.41 bits per heavy atom. The predicted octanol–water partition coefficient (Wildman–Crippen LogP) is 2.04. The van der Waals surface area contributed by atoms with Gasteiger partial charge in [-0.2, -0.15) is 0 Å².